The van der Waals surface area contributed by atoms with Crippen LogP contribution in [0.15, 0.2) is 0 Å². The summed E-state index contributed by atoms with van der Waals surface area (Å²) in [5.41, 5.74) is 0. The van der Waals surface area contributed by atoms with Gasteiger partial charge in [0.1, 0.15) is 0 Å². The van der Waals surface area contributed by atoms with E-state index in [1.807, 2.05) is 0 Å². The smallest absolute Gasteiger partial charge is 0.308 e. The van der Waals surface area contributed by atoms with Crippen LogP contribution in [0.1, 0.15) is 150 Å². The summed E-state index contributed by atoms with van der Waals surface area (Å²) in [6, 6.07) is 0. The number of unbranched alkanes of at least 4 members (excludes halogenated alkanes) is 13. The Labute approximate surface area is 184 Å². The molecule has 2 heteroatoms. The van der Waals surface area contributed by atoms with Gasteiger partial charge in [0.2, 0.25) is 0 Å². The summed E-state index contributed by atoms with van der Waals surface area (Å²) < 4.78 is 5.78. The van der Waals surface area contributed by atoms with Crippen molar-refractivity contribution in [3.8, 4) is 0 Å². The first-order valence-corrected chi connectivity index (χ1v) is 13.3. The van der Waals surface area contributed by atoms with E-state index in [1.165, 1.54) is 109 Å². The molecule has 0 fully saturated rings. The van der Waals surface area contributed by atoms with Crippen LogP contribution in [0, 0.1) is 11.8 Å². The van der Waals surface area contributed by atoms with Crippen LogP contribution < -0.4 is 0 Å². The van der Waals surface area contributed by atoms with E-state index in [0.717, 1.165) is 12.8 Å². The van der Waals surface area contributed by atoms with Crippen molar-refractivity contribution >= 4 is 5.97 Å². The van der Waals surface area contributed by atoms with Gasteiger partial charge in [-0.15, -0.1) is 0 Å². The minimum Gasteiger partial charge on any atom is -0.465 e. The van der Waals surface area contributed by atoms with Gasteiger partial charge in [-0.1, -0.05) is 130 Å². The lowest BCUT2D eigenvalue weighted by atomic mass is 9.95. The van der Waals surface area contributed by atoms with E-state index < -0.39 is 0 Å². The highest BCUT2D eigenvalue weighted by Gasteiger charge is 2.17. The number of hydrogen-bond acceptors (Lipinski definition) is 2. The molecule has 0 amide bonds. The minimum atomic E-state index is 0.0422. The molecule has 1 atom stereocenters. The molecule has 0 spiro atoms. The third kappa shape index (κ3) is 19.2. The SMILES string of the molecule is CCCCCCCCC(C)C(=O)OCC(CCCCCCC)CCCCCCC. The molecule has 2 nitrogen and oxygen atoms in total. The molecule has 29 heavy (non-hydrogen) atoms. The number of hydrogen-bond donors (Lipinski definition) is 0. The molecule has 174 valence electrons. The average Bonchev–Trinajstić information content (AvgIpc) is 2.73. The molecule has 0 radical (unpaired) electrons. The van der Waals surface area contributed by atoms with Crippen molar-refractivity contribution < 1.29 is 9.53 Å². The van der Waals surface area contributed by atoms with Crippen molar-refractivity contribution in [2.45, 2.75) is 150 Å². The fourth-order valence-corrected chi connectivity index (χ4v) is 4.08. The lowest BCUT2D eigenvalue weighted by Gasteiger charge is -2.19. The zero-order chi connectivity index (χ0) is 21.6. The highest BCUT2D eigenvalue weighted by Crippen LogP contribution is 2.21. The van der Waals surface area contributed by atoms with E-state index >= 15 is 0 Å². The molecule has 0 N–H and O–H groups in total. The molecule has 0 aliphatic heterocycles. The number of ether oxygens (including phenoxy) is 1. The maximum absolute atomic E-state index is 12.4. The van der Waals surface area contributed by atoms with Crippen molar-refractivity contribution in [2.75, 3.05) is 6.61 Å². The summed E-state index contributed by atoms with van der Waals surface area (Å²) >= 11 is 0. The van der Waals surface area contributed by atoms with Crippen LogP contribution in [0.25, 0.3) is 0 Å². The summed E-state index contributed by atoms with van der Waals surface area (Å²) in [7, 11) is 0. The van der Waals surface area contributed by atoms with Crippen LogP contribution in [0.4, 0.5) is 0 Å². The molecule has 0 aromatic heterocycles. The van der Waals surface area contributed by atoms with E-state index in [-0.39, 0.29) is 11.9 Å². The quantitative estimate of drug-likeness (QED) is 0.131. The van der Waals surface area contributed by atoms with Gasteiger partial charge in [0.05, 0.1) is 12.5 Å². The van der Waals surface area contributed by atoms with Crippen LogP contribution in [-0.4, -0.2) is 12.6 Å². The third-order valence-electron chi connectivity index (χ3n) is 6.29. The first-order valence-electron chi connectivity index (χ1n) is 13.3. The molecule has 0 aliphatic rings. The molecule has 0 aliphatic carbocycles. The van der Waals surface area contributed by atoms with E-state index in [4.69, 9.17) is 4.74 Å². The Balaban J connectivity index is 4.08. The van der Waals surface area contributed by atoms with Crippen molar-refractivity contribution in [1.82, 2.24) is 0 Å². The number of carbonyl (C=O) groups excluding carboxylic acids is 1. The van der Waals surface area contributed by atoms with Crippen LogP contribution in [0.3, 0.4) is 0 Å². The standard InChI is InChI=1S/C27H54O2/c1-5-8-11-14-17-18-21-25(4)27(28)29-24-26(22-19-15-12-9-6-2)23-20-16-13-10-7-3/h25-26H,5-24H2,1-4H3. The van der Waals surface area contributed by atoms with Gasteiger partial charge in [0.15, 0.2) is 0 Å². The van der Waals surface area contributed by atoms with Gasteiger partial charge < -0.3 is 4.74 Å². The van der Waals surface area contributed by atoms with Gasteiger partial charge in [-0.25, -0.2) is 0 Å². The van der Waals surface area contributed by atoms with Crippen LogP contribution in [-0.2, 0) is 9.53 Å². The second-order valence-electron chi connectivity index (χ2n) is 9.36. The number of esters is 1. The Hall–Kier alpha value is -0.530. The topological polar surface area (TPSA) is 26.3 Å². The molecule has 0 rings (SSSR count). The van der Waals surface area contributed by atoms with Crippen LogP contribution in [0.5, 0.6) is 0 Å². The van der Waals surface area contributed by atoms with Crippen LogP contribution >= 0.6 is 0 Å². The van der Waals surface area contributed by atoms with Gasteiger partial charge in [0, 0.05) is 0 Å². The highest BCUT2D eigenvalue weighted by atomic mass is 16.5. The van der Waals surface area contributed by atoms with Crippen molar-refractivity contribution in [1.29, 1.82) is 0 Å². The maximum Gasteiger partial charge on any atom is 0.308 e. The maximum atomic E-state index is 12.4. The highest BCUT2D eigenvalue weighted by molar-refractivity contribution is 5.71. The van der Waals surface area contributed by atoms with Gasteiger partial charge in [0.25, 0.3) is 0 Å². The predicted octanol–water partition coefficient (Wildman–Crippen LogP) is 9.25. The number of rotatable bonds is 22. The van der Waals surface area contributed by atoms with Gasteiger partial charge in [-0.3, -0.25) is 4.79 Å². The average molecular weight is 411 g/mol. The first-order chi connectivity index (χ1) is 14.2. The Bertz CT molecular complexity index is 325. The summed E-state index contributed by atoms with van der Waals surface area (Å²) in [4.78, 5) is 12.4. The molecular formula is C27H54O2. The second kappa shape index (κ2) is 22.2. The van der Waals surface area contributed by atoms with Crippen molar-refractivity contribution in [2.24, 2.45) is 11.8 Å². The predicted molar refractivity (Wildman–Crippen MR) is 128 cm³/mol. The van der Waals surface area contributed by atoms with Gasteiger partial charge in [-0.2, -0.15) is 0 Å². The van der Waals surface area contributed by atoms with Gasteiger partial charge >= 0.3 is 5.97 Å². The van der Waals surface area contributed by atoms with Crippen molar-refractivity contribution in [3.05, 3.63) is 0 Å². The molecule has 0 saturated carbocycles. The van der Waals surface area contributed by atoms with E-state index in [1.54, 1.807) is 0 Å². The van der Waals surface area contributed by atoms with Crippen molar-refractivity contribution in [3.63, 3.8) is 0 Å². The lowest BCUT2D eigenvalue weighted by molar-refractivity contribution is -0.149. The minimum absolute atomic E-state index is 0.0422. The fourth-order valence-electron chi connectivity index (χ4n) is 4.08. The summed E-state index contributed by atoms with van der Waals surface area (Å²) in [5, 5.41) is 0. The Morgan fingerprint density at radius 2 is 0.966 bits per heavy atom. The fraction of sp³-hybridized carbons (Fsp3) is 0.963. The second-order valence-corrected chi connectivity index (χ2v) is 9.36. The van der Waals surface area contributed by atoms with Gasteiger partial charge in [-0.05, 0) is 25.2 Å². The largest absolute Gasteiger partial charge is 0.465 e. The molecule has 0 bridgehead atoms. The lowest BCUT2D eigenvalue weighted by Crippen LogP contribution is -2.20. The molecule has 1 unspecified atom stereocenters. The van der Waals surface area contributed by atoms with E-state index in [9.17, 15) is 4.79 Å². The Morgan fingerprint density at radius 1 is 0.586 bits per heavy atom. The molecule has 0 heterocycles. The zero-order valence-electron chi connectivity index (χ0n) is 20.6. The summed E-state index contributed by atoms with van der Waals surface area (Å²) in [5.74, 6) is 0.680. The normalized spacial score (nSPS) is 12.4. The van der Waals surface area contributed by atoms with E-state index in [2.05, 4.69) is 27.7 Å². The van der Waals surface area contributed by atoms with Crippen LogP contribution in [0.2, 0.25) is 0 Å². The molecule has 0 aromatic carbocycles. The van der Waals surface area contributed by atoms with E-state index in [0.29, 0.717) is 12.5 Å². The molecular weight excluding hydrogens is 356 g/mol. The first kappa shape index (κ1) is 28.5. The summed E-state index contributed by atoms with van der Waals surface area (Å²) in [6.07, 6.45) is 24.5. The monoisotopic (exact) mass is 410 g/mol. The number of carbonyl (C=O) groups is 1. The molecule has 0 saturated heterocycles. The summed E-state index contributed by atoms with van der Waals surface area (Å²) in [6.45, 7) is 9.50. The zero-order valence-corrected chi connectivity index (χ0v) is 20.6. The Kier molecular flexibility index (Phi) is 21.8. The Morgan fingerprint density at radius 3 is 1.41 bits per heavy atom. The molecule has 0 aromatic rings. The third-order valence-corrected chi connectivity index (χ3v) is 6.29.